The lowest BCUT2D eigenvalue weighted by Gasteiger charge is -2.26. The summed E-state index contributed by atoms with van der Waals surface area (Å²) in [5.41, 5.74) is 2.86. The number of carbonyl (C=O) groups excluding carboxylic acids is 1. The van der Waals surface area contributed by atoms with Gasteiger partial charge in [0, 0.05) is 36.1 Å². The molecule has 1 aliphatic rings. The third-order valence-electron chi connectivity index (χ3n) is 3.83. The number of benzene rings is 1. The van der Waals surface area contributed by atoms with Gasteiger partial charge < -0.3 is 15.0 Å². The number of hydrogen-bond donors (Lipinski definition) is 1. The van der Waals surface area contributed by atoms with Crippen molar-refractivity contribution in [3.8, 4) is 11.3 Å². The summed E-state index contributed by atoms with van der Waals surface area (Å²) >= 11 is 1.66. The molecule has 24 heavy (non-hydrogen) atoms. The van der Waals surface area contributed by atoms with Crippen molar-refractivity contribution in [2.24, 2.45) is 5.92 Å². The Morgan fingerprint density at radius 2 is 2.00 bits per heavy atom. The molecule has 0 bridgehead atoms. The van der Waals surface area contributed by atoms with Crippen LogP contribution in [0.15, 0.2) is 29.6 Å². The van der Waals surface area contributed by atoms with Crippen molar-refractivity contribution in [2.75, 3.05) is 36.5 Å². The Labute approximate surface area is 146 Å². The first kappa shape index (κ1) is 16.9. The van der Waals surface area contributed by atoms with Gasteiger partial charge in [0.2, 0.25) is 5.91 Å². The van der Waals surface area contributed by atoms with Crippen LogP contribution in [0, 0.1) is 5.92 Å². The van der Waals surface area contributed by atoms with Crippen molar-refractivity contribution in [1.82, 2.24) is 4.98 Å². The number of nitrogens with zero attached hydrogens (tertiary/aromatic N) is 2. The Balaban J connectivity index is 1.65. The SMILES string of the molecule is CC(C)CC(=O)Nc1ccc(-c2csc(N3CCOCC3)n2)cc1. The average Bonchev–Trinajstić information content (AvgIpc) is 3.05. The van der Waals surface area contributed by atoms with Gasteiger partial charge >= 0.3 is 0 Å². The molecule has 1 aromatic heterocycles. The van der Waals surface area contributed by atoms with Gasteiger partial charge in [-0.1, -0.05) is 26.0 Å². The Morgan fingerprint density at radius 1 is 1.29 bits per heavy atom. The van der Waals surface area contributed by atoms with Crippen molar-refractivity contribution in [2.45, 2.75) is 20.3 Å². The fraction of sp³-hybridized carbons (Fsp3) is 0.444. The van der Waals surface area contributed by atoms with Gasteiger partial charge in [-0.15, -0.1) is 11.3 Å². The van der Waals surface area contributed by atoms with E-state index in [9.17, 15) is 4.79 Å². The molecule has 0 unspecified atom stereocenters. The first-order valence-electron chi connectivity index (χ1n) is 8.30. The van der Waals surface area contributed by atoms with E-state index in [0.717, 1.165) is 48.4 Å². The molecule has 3 rings (SSSR count). The molecule has 1 aromatic carbocycles. The van der Waals surface area contributed by atoms with Crippen LogP contribution in [0.1, 0.15) is 20.3 Å². The van der Waals surface area contributed by atoms with E-state index in [1.165, 1.54) is 0 Å². The molecule has 2 heterocycles. The minimum atomic E-state index is 0.0565. The lowest BCUT2D eigenvalue weighted by Crippen LogP contribution is -2.36. The highest BCUT2D eigenvalue weighted by molar-refractivity contribution is 7.14. The summed E-state index contributed by atoms with van der Waals surface area (Å²) < 4.78 is 5.38. The van der Waals surface area contributed by atoms with Crippen molar-refractivity contribution in [1.29, 1.82) is 0 Å². The molecule has 0 spiro atoms. The first-order valence-corrected chi connectivity index (χ1v) is 9.18. The zero-order chi connectivity index (χ0) is 16.9. The molecule has 5 nitrogen and oxygen atoms in total. The summed E-state index contributed by atoms with van der Waals surface area (Å²) in [6.07, 6.45) is 0.538. The number of aromatic nitrogens is 1. The number of amides is 1. The van der Waals surface area contributed by atoms with E-state index in [4.69, 9.17) is 9.72 Å². The number of carbonyl (C=O) groups is 1. The van der Waals surface area contributed by atoms with E-state index in [0.29, 0.717) is 12.3 Å². The zero-order valence-corrected chi connectivity index (χ0v) is 14.9. The van der Waals surface area contributed by atoms with Crippen LogP contribution in [0.4, 0.5) is 10.8 Å². The zero-order valence-electron chi connectivity index (χ0n) is 14.1. The van der Waals surface area contributed by atoms with Crippen LogP contribution in [-0.4, -0.2) is 37.2 Å². The Kier molecular flexibility index (Phi) is 5.48. The molecule has 0 radical (unpaired) electrons. The summed E-state index contributed by atoms with van der Waals surface area (Å²) in [7, 11) is 0. The smallest absolute Gasteiger partial charge is 0.224 e. The van der Waals surface area contributed by atoms with Crippen molar-refractivity contribution < 1.29 is 9.53 Å². The normalized spacial score (nSPS) is 14.9. The van der Waals surface area contributed by atoms with E-state index >= 15 is 0 Å². The summed E-state index contributed by atoms with van der Waals surface area (Å²) in [6.45, 7) is 7.40. The fourth-order valence-corrected chi connectivity index (χ4v) is 3.49. The van der Waals surface area contributed by atoms with Crippen LogP contribution in [-0.2, 0) is 9.53 Å². The van der Waals surface area contributed by atoms with Gasteiger partial charge in [0.15, 0.2) is 5.13 Å². The molecule has 0 atom stereocenters. The molecular weight excluding hydrogens is 322 g/mol. The summed E-state index contributed by atoms with van der Waals surface area (Å²) in [6, 6.07) is 7.87. The molecule has 1 fully saturated rings. The summed E-state index contributed by atoms with van der Waals surface area (Å²) in [4.78, 5) is 18.8. The lowest BCUT2D eigenvalue weighted by atomic mass is 10.1. The van der Waals surface area contributed by atoms with E-state index < -0.39 is 0 Å². The van der Waals surface area contributed by atoms with Gasteiger partial charge in [-0.2, -0.15) is 0 Å². The molecule has 0 saturated carbocycles. The first-order chi connectivity index (χ1) is 11.6. The minimum absolute atomic E-state index is 0.0565. The van der Waals surface area contributed by atoms with Gasteiger partial charge in [-0.25, -0.2) is 4.98 Å². The fourth-order valence-electron chi connectivity index (χ4n) is 2.60. The number of ether oxygens (including phenoxy) is 1. The molecule has 1 saturated heterocycles. The second kappa shape index (κ2) is 7.77. The number of morpholine rings is 1. The van der Waals surface area contributed by atoms with Crippen LogP contribution in [0.3, 0.4) is 0 Å². The van der Waals surface area contributed by atoms with Gasteiger partial charge in [0.05, 0.1) is 18.9 Å². The predicted molar refractivity (Wildman–Crippen MR) is 98.7 cm³/mol. The molecule has 2 aromatic rings. The van der Waals surface area contributed by atoms with Gasteiger partial charge in [-0.3, -0.25) is 4.79 Å². The number of hydrogen-bond acceptors (Lipinski definition) is 5. The van der Waals surface area contributed by atoms with Crippen LogP contribution < -0.4 is 10.2 Å². The van der Waals surface area contributed by atoms with Crippen molar-refractivity contribution in [3.63, 3.8) is 0 Å². The second-order valence-electron chi connectivity index (χ2n) is 6.34. The highest BCUT2D eigenvalue weighted by atomic mass is 32.1. The number of thiazole rings is 1. The number of anilines is 2. The Morgan fingerprint density at radius 3 is 2.67 bits per heavy atom. The maximum absolute atomic E-state index is 11.8. The molecule has 6 heteroatoms. The van der Waals surface area contributed by atoms with Gasteiger partial charge in [0.1, 0.15) is 0 Å². The Hall–Kier alpha value is -1.92. The molecular formula is C18H23N3O2S. The molecule has 1 N–H and O–H groups in total. The van der Waals surface area contributed by atoms with E-state index in [1.807, 2.05) is 38.1 Å². The molecule has 1 amide bonds. The number of nitrogens with one attached hydrogen (secondary N) is 1. The topological polar surface area (TPSA) is 54.5 Å². The largest absolute Gasteiger partial charge is 0.378 e. The molecule has 128 valence electrons. The van der Waals surface area contributed by atoms with Gasteiger partial charge in [-0.05, 0) is 18.1 Å². The van der Waals surface area contributed by atoms with E-state index in [1.54, 1.807) is 11.3 Å². The second-order valence-corrected chi connectivity index (χ2v) is 7.17. The lowest BCUT2D eigenvalue weighted by molar-refractivity contribution is -0.116. The van der Waals surface area contributed by atoms with E-state index in [2.05, 4.69) is 15.6 Å². The highest BCUT2D eigenvalue weighted by Gasteiger charge is 2.15. The molecule has 1 aliphatic heterocycles. The predicted octanol–water partition coefficient (Wildman–Crippen LogP) is 3.63. The van der Waals surface area contributed by atoms with Crippen molar-refractivity contribution >= 4 is 28.1 Å². The van der Waals surface area contributed by atoms with Crippen molar-refractivity contribution in [3.05, 3.63) is 29.6 Å². The van der Waals surface area contributed by atoms with Crippen LogP contribution in [0.5, 0.6) is 0 Å². The van der Waals surface area contributed by atoms with E-state index in [-0.39, 0.29) is 5.91 Å². The van der Waals surface area contributed by atoms with Gasteiger partial charge in [0.25, 0.3) is 0 Å². The maximum Gasteiger partial charge on any atom is 0.224 e. The summed E-state index contributed by atoms with van der Waals surface area (Å²) in [5.74, 6) is 0.416. The highest BCUT2D eigenvalue weighted by Crippen LogP contribution is 2.28. The van der Waals surface area contributed by atoms with Crippen LogP contribution in [0.25, 0.3) is 11.3 Å². The average molecular weight is 345 g/mol. The third-order valence-corrected chi connectivity index (χ3v) is 4.73. The van der Waals surface area contributed by atoms with Crippen LogP contribution >= 0.6 is 11.3 Å². The molecule has 0 aliphatic carbocycles. The minimum Gasteiger partial charge on any atom is -0.378 e. The maximum atomic E-state index is 11.8. The quantitative estimate of drug-likeness (QED) is 0.899. The standard InChI is InChI=1S/C18H23N3O2S/c1-13(2)11-17(22)19-15-5-3-14(4-6-15)16-12-24-18(20-16)21-7-9-23-10-8-21/h3-6,12-13H,7-11H2,1-2H3,(H,19,22). The Bertz CT molecular complexity index is 676. The number of rotatable bonds is 5. The monoisotopic (exact) mass is 345 g/mol. The summed E-state index contributed by atoms with van der Waals surface area (Å²) in [5, 5.41) is 6.05. The van der Waals surface area contributed by atoms with Crippen LogP contribution in [0.2, 0.25) is 0 Å². The third kappa shape index (κ3) is 4.33.